The van der Waals surface area contributed by atoms with E-state index in [1.54, 1.807) is 6.08 Å². The molecule has 1 unspecified atom stereocenters. The third-order valence-electron chi connectivity index (χ3n) is 3.29. The van der Waals surface area contributed by atoms with Gasteiger partial charge in [-0.2, -0.15) is 0 Å². The van der Waals surface area contributed by atoms with Gasteiger partial charge < -0.3 is 10.6 Å². The van der Waals surface area contributed by atoms with Gasteiger partial charge in [0.25, 0.3) is 0 Å². The van der Waals surface area contributed by atoms with Gasteiger partial charge >= 0.3 is 0 Å². The lowest BCUT2D eigenvalue weighted by molar-refractivity contribution is -0.122. The Balaban J connectivity index is 2.02. The van der Waals surface area contributed by atoms with Gasteiger partial charge in [0.1, 0.15) is 0 Å². The van der Waals surface area contributed by atoms with Gasteiger partial charge in [0.15, 0.2) is 0 Å². The molecule has 104 valence electrons. The van der Waals surface area contributed by atoms with Crippen LogP contribution in [0.1, 0.15) is 12.5 Å². The zero-order valence-electron chi connectivity index (χ0n) is 11.7. The van der Waals surface area contributed by atoms with Crippen LogP contribution in [0.2, 0.25) is 0 Å². The van der Waals surface area contributed by atoms with Crippen molar-refractivity contribution in [2.24, 2.45) is 0 Å². The fraction of sp³-hybridized carbons (Fsp3) is 0.235. The average molecular weight is 268 g/mol. The summed E-state index contributed by atoms with van der Waals surface area (Å²) in [5.74, 6) is -0.00913. The third-order valence-corrected chi connectivity index (χ3v) is 3.29. The van der Waals surface area contributed by atoms with Crippen molar-refractivity contribution in [3.8, 4) is 0 Å². The SMILES string of the molecule is C=CCNC(=O)C(C)NCc1cccc2ccccc12. The number of fused-ring (bicyclic) bond motifs is 1. The molecule has 0 saturated heterocycles. The number of benzene rings is 2. The Hall–Kier alpha value is -2.13. The molecule has 0 saturated carbocycles. The molecular weight excluding hydrogens is 248 g/mol. The molecule has 0 fully saturated rings. The van der Waals surface area contributed by atoms with E-state index in [4.69, 9.17) is 0 Å². The Morgan fingerprint density at radius 3 is 2.80 bits per heavy atom. The first-order valence-electron chi connectivity index (χ1n) is 6.81. The van der Waals surface area contributed by atoms with Crippen LogP contribution >= 0.6 is 0 Å². The molecule has 2 aromatic carbocycles. The molecule has 20 heavy (non-hydrogen) atoms. The zero-order chi connectivity index (χ0) is 14.4. The largest absolute Gasteiger partial charge is 0.351 e. The highest BCUT2D eigenvalue weighted by atomic mass is 16.2. The van der Waals surface area contributed by atoms with Gasteiger partial charge in [0.05, 0.1) is 6.04 Å². The molecule has 3 nitrogen and oxygen atoms in total. The van der Waals surface area contributed by atoms with Gasteiger partial charge in [-0.1, -0.05) is 48.5 Å². The Labute approximate surface area is 119 Å². The van der Waals surface area contributed by atoms with Gasteiger partial charge in [-0.05, 0) is 23.3 Å². The quantitative estimate of drug-likeness (QED) is 0.791. The Morgan fingerprint density at radius 2 is 2.00 bits per heavy atom. The average Bonchev–Trinajstić information content (AvgIpc) is 2.50. The number of carbonyl (C=O) groups excluding carboxylic acids is 1. The van der Waals surface area contributed by atoms with E-state index in [-0.39, 0.29) is 11.9 Å². The van der Waals surface area contributed by atoms with Crippen molar-refractivity contribution in [3.63, 3.8) is 0 Å². The molecule has 0 radical (unpaired) electrons. The minimum atomic E-state index is -0.228. The van der Waals surface area contributed by atoms with Crippen molar-refractivity contribution in [1.82, 2.24) is 10.6 Å². The number of hydrogen-bond donors (Lipinski definition) is 2. The molecule has 2 N–H and O–H groups in total. The molecule has 1 atom stereocenters. The Morgan fingerprint density at radius 1 is 1.25 bits per heavy atom. The number of hydrogen-bond acceptors (Lipinski definition) is 2. The maximum atomic E-state index is 11.8. The monoisotopic (exact) mass is 268 g/mol. The van der Waals surface area contributed by atoms with Crippen LogP contribution in [0.25, 0.3) is 10.8 Å². The van der Waals surface area contributed by atoms with Crippen LogP contribution in [-0.2, 0) is 11.3 Å². The van der Waals surface area contributed by atoms with Crippen molar-refractivity contribution < 1.29 is 4.79 Å². The van der Waals surface area contributed by atoms with Crippen LogP contribution in [0.3, 0.4) is 0 Å². The van der Waals surface area contributed by atoms with Crippen molar-refractivity contribution in [2.75, 3.05) is 6.54 Å². The number of carbonyl (C=O) groups is 1. The van der Waals surface area contributed by atoms with Crippen molar-refractivity contribution in [1.29, 1.82) is 0 Å². The molecule has 0 bridgehead atoms. The second-order valence-corrected chi connectivity index (χ2v) is 4.77. The maximum absolute atomic E-state index is 11.8. The first-order valence-corrected chi connectivity index (χ1v) is 6.81. The van der Waals surface area contributed by atoms with Gasteiger partial charge in [0, 0.05) is 13.1 Å². The lowest BCUT2D eigenvalue weighted by Crippen LogP contribution is -2.41. The highest BCUT2D eigenvalue weighted by Gasteiger charge is 2.11. The number of amides is 1. The van der Waals surface area contributed by atoms with E-state index in [2.05, 4.69) is 41.5 Å². The Kier molecular flexibility index (Phi) is 4.91. The van der Waals surface area contributed by atoms with Crippen molar-refractivity contribution in [3.05, 3.63) is 60.7 Å². The molecule has 0 aromatic heterocycles. The fourth-order valence-corrected chi connectivity index (χ4v) is 2.13. The predicted octanol–water partition coefficient (Wildman–Crippen LogP) is 2.62. The van der Waals surface area contributed by atoms with E-state index in [0.29, 0.717) is 13.1 Å². The first kappa shape index (κ1) is 14.3. The summed E-state index contributed by atoms with van der Waals surface area (Å²) in [6, 6.07) is 14.3. The second-order valence-electron chi connectivity index (χ2n) is 4.77. The van der Waals surface area contributed by atoms with Crippen molar-refractivity contribution in [2.45, 2.75) is 19.5 Å². The van der Waals surface area contributed by atoms with Gasteiger partial charge in [-0.3, -0.25) is 4.79 Å². The maximum Gasteiger partial charge on any atom is 0.237 e. The van der Waals surface area contributed by atoms with Gasteiger partial charge in [0.2, 0.25) is 5.91 Å². The molecule has 2 aromatic rings. The van der Waals surface area contributed by atoms with Crippen LogP contribution in [0, 0.1) is 0 Å². The molecule has 0 aliphatic rings. The Bertz CT molecular complexity index is 601. The number of nitrogens with one attached hydrogen (secondary N) is 2. The third kappa shape index (κ3) is 3.45. The van der Waals surface area contributed by atoms with Crippen LogP contribution in [0.5, 0.6) is 0 Å². The highest BCUT2D eigenvalue weighted by Crippen LogP contribution is 2.18. The summed E-state index contributed by atoms with van der Waals surface area (Å²) < 4.78 is 0. The normalized spacial score (nSPS) is 12.1. The lowest BCUT2D eigenvalue weighted by atomic mass is 10.0. The number of rotatable bonds is 6. The molecule has 0 aliphatic carbocycles. The predicted molar refractivity (Wildman–Crippen MR) is 83.5 cm³/mol. The van der Waals surface area contributed by atoms with E-state index >= 15 is 0 Å². The second kappa shape index (κ2) is 6.87. The molecule has 3 heteroatoms. The summed E-state index contributed by atoms with van der Waals surface area (Å²) in [7, 11) is 0. The van der Waals surface area contributed by atoms with E-state index < -0.39 is 0 Å². The molecular formula is C17H20N2O. The van der Waals surface area contributed by atoms with E-state index in [1.807, 2.05) is 25.1 Å². The minimum Gasteiger partial charge on any atom is -0.351 e. The zero-order valence-corrected chi connectivity index (χ0v) is 11.7. The summed E-state index contributed by atoms with van der Waals surface area (Å²) >= 11 is 0. The van der Waals surface area contributed by atoms with E-state index in [0.717, 1.165) is 0 Å². The minimum absolute atomic E-state index is 0.00913. The molecule has 0 aliphatic heterocycles. The summed E-state index contributed by atoms with van der Waals surface area (Å²) in [5, 5.41) is 8.48. The fourth-order valence-electron chi connectivity index (χ4n) is 2.13. The van der Waals surface area contributed by atoms with Gasteiger partial charge in [-0.25, -0.2) is 0 Å². The summed E-state index contributed by atoms with van der Waals surface area (Å²) in [5.41, 5.74) is 1.20. The standard InChI is InChI=1S/C17H20N2O/c1-3-11-18-17(20)13(2)19-12-15-9-6-8-14-7-4-5-10-16(14)15/h3-10,13,19H,1,11-12H2,2H3,(H,18,20). The van der Waals surface area contributed by atoms with E-state index in [9.17, 15) is 4.79 Å². The van der Waals surface area contributed by atoms with Crippen LogP contribution in [0.4, 0.5) is 0 Å². The van der Waals surface area contributed by atoms with Crippen molar-refractivity contribution >= 4 is 16.7 Å². The highest BCUT2D eigenvalue weighted by molar-refractivity contribution is 5.86. The van der Waals surface area contributed by atoms with Crippen LogP contribution in [0.15, 0.2) is 55.1 Å². The topological polar surface area (TPSA) is 41.1 Å². The smallest absolute Gasteiger partial charge is 0.237 e. The first-order chi connectivity index (χ1) is 9.72. The van der Waals surface area contributed by atoms with Gasteiger partial charge in [-0.15, -0.1) is 6.58 Å². The molecule has 2 rings (SSSR count). The summed E-state index contributed by atoms with van der Waals surface area (Å²) in [4.78, 5) is 11.8. The summed E-state index contributed by atoms with van der Waals surface area (Å²) in [6.07, 6.45) is 1.68. The van der Waals surface area contributed by atoms with Crippen LogP contribution < -0.4 is 10.6 Å². The molecule has 0 heterocycles. The van der Waals surface area contributed by atoms with Crippen LogP contribution in [-0.4, -0.2) is 18.5 Å². The van der Waals surface area contributed by atoms with E-state index in [1.165, 1.54) is 16.3 Å². The molecule has 1 amide bonds. The summed E-state index contributed by atoms with van der Waals surface area (Å²) in [6.45, 7) is 6.62. The lowest BCUT2D eigenvalue weighted by Gasteiger charge is -2.14. The molecule has 0 spiro atoms.